The van der Waals surface area contributed by atoms with E-state index in [1.165, 1.54) is 167 Å². The lowest BCUT2D eigenvalue weighted by Crippen LogP contribution is -2.30. The summed E-state index contributed by atoms with van der Waals surface area (Å²) in [6, 6.07) is 0. The zero-order valence-corrected chi connectivity index (χ0v) is 58.8. The summed E-state index contributed by atoms with van der Waals surface area (Å²) in [5, 5.41) is 10.6. The first-order valence-corrected chi connectivity index (χ1v) is 39.0. The van der Waals surface area contributed by atoms with Gasteiger partial charge >= 0.3 is 39.5 Å². The minimum Gasteiger partial charge on any atom is -0.462 e. The van der Waals surface area contributed by atoms with Crippen LogP contribution in [-0.4, -0.2) is 96.7 Å². The number of phosphoric acid groups is 2. The highest BCUT2D eigenvalue weighted by atomic mass is 31.2. The van der Waals surface area contributed by atoms with Gasteiger partial charge < -0.3 is 33.8 Å². The summed E-state index contributed by atoms with van der Waals surface area (Å²) in [4.78, 5) is 72.4. The fourth-order valence-electron chi connectivity index (χ4n) is 10.4. The van der Waals surface area contributed by atoms with Gasteiger partial charge in [0, 0.05) is 25.7 Å². The molecule has 0 rings (SSSR count). The number of carbonyl (C=O) groups excluding carboxylic acids is 4. The summed E-state index contributed by atoms with van der Waals surface area (Å²) in [5.74, 6) is -0.632. The van der Waals surface area contributed by atoms with Gasteiger partial charge in [-0.3, -0.25) is 37.3 Å². The number of esters is 4. The molecule has 0 aromatic rings. The van der Waals surface area contributed by atoms with Crippen molar-refractivity contribution in [2.24, 2.45) is 11.8 Å². The van der Waals surface area contributed by atoms with Crippen molar-refractivity contribution in [2.75, 3.05) is 39.6 Å². The van der Waals surface area contributed by atoms with Gasteiger partial charge in [0.15, 0.2) is 12.2 Å². The van der Waals surface area contributed by atoms with Crippen molar-refractivity contribution in [3.05, 3.63) is 0 Å². The molecule has 0 fully saturated rings. The second-order valence-corrected chi connectivity index (χ2v) is 28.5. The van der Waals surface area contributed by atoms with Crippen molar-refractivity contribution in [1.82, 2.24) is 0 Å². The molecule has 0 aliphatic carbocycles. The lowest BCUT2D eigenvalue weighted by molar-refractivity contribution is -0.161. The van der Waals surface area contributed by atoms with Gasteiger partial charge in [-0.1, -0.05) is 298 Å². The summed E-state index contributed by atoms with van der Waals surface area (Å²) >= 11 is 0. The lowest BCUT2D eigenvalue weighted by atomic mass is 9.99. The van der Waals surface area contributed by atoms with E-state index < -0.39 is 97.5 Å². The van der Waals surface area contributed by atoms with E-state index in [1.54, 1.807) is 0 Å². The third-order valence-corrected chi connectivity index (χ3v) is 18.2. The Morgan fingerprint density at radius 3 is 0.864 bits per heavy atom. The Labute approximate surface area is 537 Å². The van der Waals surface area contributed by atoms with Gasteiger partial charge in [-0.15, -0.1) is 0 Å². The van der Waals surface area contributed by atoms with E-state index in [0.29, 0.717) is 25.7 Å². The number of carbonyl (C=O) groups is 4. The molecule has 0 amide bonds. The maximum absolute atomic E-state index is 13.0. The quantitative estimate of drug-likeness (QED) is 0.0222. The second-order valence-electron chi connectivity index (χ2n) is 25.6. The Kier molecular flexibility index (Phi) is 59.9. The number of aliphatic hydroxyl groups is 1. The highest BCUT2D eigenvalue weighted by Gasteiger charge is 2.30. The number of hydrogen-bond donors (Lipinski definition) is 3. The Hall–Kier alpha value is -1.94. The number of phosphoric ester groups is 2. The van der Waals surface area contributed by atoms with Crippen molar-refractivity contribution in [3.63, 3.8) is 0 Å². The topological polar surface area (TPSA) is 237 Å². The SMILES string of the molecule is CCCCCCCCCCCCCCCCCCC(=O)O[C@H](COC(=O)CCCCCCCCCCC(C)CC)COP(=O)(O)OC[C@@H](O)COP(=O)(O)OC[C@@H](COC(=O)CCCCCCCCCCC)OC(=O)CCCCCCCCCCC(C)C. The predicted octanol–water partition coefficient (Wildman–Crippen LogP) is 19.6. The van der Waals surface area contributed by atoms with Crippen molar-refractivity contribution >= 4 is 39.5 Å². The summed E-state index contributed by atoms with van der Waals surface area (Å²) in [7, 11) is -9.90. The first kappa shape index (κ1) is 86.1. The van der Waals surface area contributed by atoms with Crippen LogP contribution in [0.4, 0.5) is 0 Å². The largest absolute Gasteiger partial charge is 0.472 e. The fourth-order valence-corrected chi connectivity index (χ4v) is 12.0. The number of hydrogen-bond acceptors (Lipinski definition) is 15. The van der Waals surface area contributed by atoms with Crippen molar-refractivity contribution in [2.45, 2.75) is 368 Å². The van der Waals surface area contributed by atoms with E-state index in [1.807, 2.05) is 0 Å². The number of aliphatic hydroxyl groups excluding tert-OH is 1. The standard InChI is InChI=1S/C69H134O17P2/c1-7-10-12-14-16-18-19-20-21-22-23-24-26-35-41-47-53-68(73)85-64(58-80-67(72)52-46-40-34-30-28-32-38-44-50-62(6)9-3)59-83-87(75,76)81-55-63(70)56-82-88(77,78)84-60-65(57-79-66(71)51-45-39-33-25-17-15-13-11-8-2)86-69(74)54-48-42-36-29-27-31-37-43-49-61(4)5/h61-65,70H,7-60H2,1-6H3,(H,75,76)(H,77,78)/t62?,63-,64-,65-/m1/s1. The average molecular weight is 1300 g/mol. The third kappa shape index (κ3) is 61.6. The molecule has 3 unspecified atom stereocenters. The van der Waals surface area contributed by atoms with E-state index in [0.717, 1.165) is 102 Å². The van der Waals surface area contributed by atoms with Gasteiger partial charge in [-0.25, -0.2) is 9.13 Å². The van der Waals surface area contributed by atoms with Gasteiger partial charge in [0.05, 0.1) is 26.4 Å². The van der Waals surface area contributed by atoms with Crippen molar-refractivity contribution in [3.8, 4) is 0 Å². The molecular formula is C69H134O17P2. The third-order valence-electron chi connectivity index (χ3n) is 16.3. The smallest absolute Gasteiger partial charge is 0.462 e. The van der Waals surface area contributed by atoms with Crippen molar-refractivity contribution < 1.29 is 80.2 Å². The summed E-state index contributed by atoms with van der Waals surface area (Å²) in [6.45, 7) is 9.49. The molecule has 0 heterocycles. The van der Waals surface area contributed by atoms with E-state index in [2.05, 4.69) is 41.5 Å². The predicted molar refractivity (Wildman–Crippen MR) is 354 cm³/mol. The maximum atomic E-state index is 13.0. The van der Waals surface area contributed by atoms with Crippen molar-refractivity contribution in [1.29, 1.82) is 0 Å². The van der Waals surface area contributed by atoms with Crippen LogP contribution in [0.3, 0.4) is 0 Å². The number of rotatable bonds is 68. The molecule has 0 saturated heterocycles. The molecule has 0 saturated carbocycles. The Morgan fingerprint density at radius 2 is 0.580 bits per heavy atom. The summed E-state index contributed by atoms with van der Waals surface area (Å²) in [6.07, 6.45) is 45.8. The average Bonchev–Trinajstić information content (AvgIpc) is 3.59. The summed E-state index contributed by atoms with van der Waals surface area (Å²) in [5.41, 5.74) is 0. The molecule has 3 N–H and O–H groups in total. The van der Waals surface area contributed by atoms with Crippen LogP contribution < -0.4 is 0 Å². The maximum Gasteiger partial charge on any atom is 0.472 e. The molecular weight excluding hydrogens is 1160 g/mol. The molecule has 0 aromatic carbocycles. The van der Waals surface area contributed by atoms with Crippen LogP contribution in [0.15, 0.2) is 0 Å². The Morgan fingerprint density at radius 1 is 0.330 bits per heavy atom. The van der Waals surface area contributed by atoms with Gasteiger partial charge in [0.2, 0.25) is 0 Å². The first-order valence-electron chi connectivity index (χ1n) is 36.0. The zero-order chi connectivity index (χ0) is 65.0. The van der Waals surface area contributed by atoms with Crippen LogP contribution in [0, 0.1) is 11.8 Å². The van der Waals surface area contributed by atoms with Crippen LogP contribution in [0.2, 0.25) is 0 Å². The minimum absolute atomic E-state index is 0.104. The molecule has 0 bridgehead atoms. The summed E-state index contributed by atoms with van der Waals surface area (Å²) < 4.78 is 68.2. The number of ether oxygens (including phenoxy) is 4. The molecule has 0 radical (unpaired) electrons. The van der Waals surface area contributed by atoms with Crippen LogP contribution in [0.25, 0.3) is 0 Å². The van der Waals surface area contributed by atoms with Gasteiger partial charge in [0.1, 0.15) is 19.3 Å². The highest BCUT2D eigenvalue weighted by Crippen LogP contribution is 2.45. The second kappa shape index (κ2) is 61.3. The normalized spacial score (nSPS) is 14.5. The zero-order valence-electron chi connectivity index (χ0n) is 57.0. The Bertz CT molecular complexity index is 1720. The van der Waals surface area contributed by atoms with E-state index in [-0.39, 0.29) is 25.7 Å². The van der Waals surface area contributed by atoms with Gasteiger partial charge in [-0.2, -0.15) is 0 Å². The van der Waals surface area contributed by atoms with Gasteiger partial charge in [0.25, 0.3) is 0 Å². The molecule has 88 heavy (non-hydrogen) atoms. The van der Waals surface area contributed by atoms with Gasteiger partial charge in [-0.05, 0) is 37.5 Å². The lowest BCUT2D eigenvalue weighted by Gasteiger charge is -2.21. The molecule has 522 valence electrons. The first-order chi connectivity index (χ1) is 42.4. The molecule has 0 aliphatic heterocycles. The molecule has 17 nitrogen and oxygen atoms in total. The monoisotopic (exact) mass is 1300 g/mol. The molecule has 19 heteroatoms. The van der Waals surface area contributed by atoms with Crippen LogP contribution >= 0.6 is 15.6 Å². The molecule has 0 aromatic heterocycles. The van der Waals surface area contributed by atoms with E-state index in [9.17, 15) is 43.2 Å². The van der Waals surface area contributed by atoms with E-state index >= 15 is 0 Å². The Balaban J connectivity index is 5.24. The molecule has 0 aliphatic rings. The van der Waals surface area contributed by atoms with E-state index in [4.69, 9.17) is 37.0 Å². The minimum atomic E-state index is -4.95. The highest BCUT2D eigenvalue weighted by molar-refractivity contribution is 7.47. The fraction of sp³-hybridized carbons (Fsp3) is 0.942. The molecule has 0 spiro atoms. The van der Waals surface area contributed by atoms with Crippen LogP contribution in [-0.2, 0) is 65.4 Å². The van der Waals surface area contributed by atoms with Crippen LogP contribution in [0.5, 0.6) is 0 Å². The van der Waals surface area contributed by atoms with Crippen LogP contribution in [0.1, 0.15) is 350 Å². The number of unbranched alkanes of at least 4 members (excludes halogenated alkanes) is 37. The molecule has 6 atom stereocenters.